The topological polar surface area (TPSA) is 113 Å². The van der Waals surface area contributed by atoms with E-state index in [2.05, 4.69) is 9.97 Å². The van der Waals surface area contributed by atoms with Crippen LogP contribution in [0.3, 0.4) is 0 Å². The highest BCUT2D eigenvalue weighted by molar-refractivity contribution is 5.48. The van der Waals surface area contributed by atoms with Gasteiger partial charge in [-0.25, -0.2) is 14.3 Å². The fourth-order valence-electron chi connectivity index (χ4n) is 2.47. The maximum atomic E-state index is 12.0. The number of benzene rings is 1. The molecule has 0 radical (unpaired) electrons. The van der Waals surface area contributed by atoms with Crippen molar-refractivity contribution in [1.82, 2.24) is 14.5 Å². The summed E-state index contributed by atoms with van der Waals surface area (Å²) in [5.74, 6) is 1.01. The van der Waals surface area contributed by atoms with Crippen molar-refractivity contribution in [3.05, 3.63) is 58.3 Å². The Morgan fingerprint density at radius 3 is 2.73 bits per heavy atom. The molecule has 0 saturated carbocycles. The molecule has 2 N–H and O–H groups in total. The lowest BCUT2D eigenvalue weighted by molar-refractivity contribution is 0.406. The molecular weight excluding hydrogens is 336 g/mol. The van der Waals surface area contributed by atoms with Crippen molar-refractivity contribution in [2.75, 3.05) is 7.11 Å². The number of aromatic amines is 1. The Bertz CT molecular complexity index is 1030. The number of aromatic hydroxyl groups is 1. The first-order chi connectivity index (χ1) is 12.6. The molecule has 0 aliphatic heterocycles. The molecule has 0 bridgehead atoms. The third-order valence-electron chi connectivity index (χ3n) is 3.79. The first-order valence-corrected chi connectivity index (χ1v) is 7.82. The number of nitrogens with zero attached hydrogens (tertiary/aromatic N) is 3. The number of hydrogen-bond donors (Lipinski definition) is 2. The molecule has 0 unspecified atom stereocenters. The van der Waals surface area contributed by atoms with Gasteiger partial charge in [-0.3, -0.25) is 0 Å². The fourth-order valence-corrected chi connectivity index (χ4v) is 2.47. The summed E-state index contributed by atoms with van der Waals surface area (Å²) >= 11 is 0. The number of aromatic nitrogens is 3. The quantitative estimate of drug-likeness (QED) is 0.729. The van der Waals surface area contributed by atoms with Gasteiger partial charge < -0.3 is 19.6 Å². The summed E-state index contributed by atoms with van der Waals surface area (Å²) in [5, 5.41) is 19.1. The molecule has 0 spiro atoms. The molecule has 0 atom stereocenters. The first-order valence-electron chi connectivity index (χ1n) is 7.82. The minimum absolute atomic E-state index is 0.134. The van der Waals surface area contributed by atoms with E-state index in [0.717, 1.165) is 4.57 Å². The summed E-state index contributed by atoms with van der Waals surface area (Å²) in [6, 6.07) is 10.0. The van der Waals surface area contributed by atoms with Gasteiger partial charge in [-0.2, -0.15) is 5.26 Å². The van der Waals surface area contributed by atoms with E-state index < -0.39 is 5.69 Å². The standard InChI is InChI=1S/C18H16N4O4/c1-3-14-17(23)22(18(24)21-14)12-5-7-16(20-10-12)26-13-6-4-11(9-19)15(8-13)25-2/h4-8,10,23H,3H2,1-2H3,(H,21,24). The van der Waals surface area contributed by atoms with Crippen molar-refractivity contribution in [3.63, 3.8) is 0 Å². The van der Waals surface area contributed by atoms with Crippen LogP contribution in [0.25, 0.3) is 5.69 Å². The van der Waals surface area contributed by atoms with Crippen LogP contribution in [-0.4, -0.2) is 26.8 Å². The highest BCUT2D eigenvalue weighted by atomic mass is 16.5. The fraction of sp³-hybridized carbons (Fsp3) is 0.167. The molecule has 1 aromatic carbocycles. The van der Waals surface area contributed by atoms with Gasteiger partial charge in [0.1, 0.15) is 17.6 Å². The number of nitrogens with one attached hydrogen (secondary N) is 1. The molecular formula is C18H16N4O4. The van der Waals surface area contributed by atoms with Gasteiger partial charge in [0, 0.05) is 12.1 Å². The van der Waals surface area contributed by atoms with Gasteiger partial charge in [-0.05, 0) is 24.6 Å². The minimum Gasteiger partial charge on any atom is -0.495 e. The normalized spacial score (nSPS) is 10.3. The van der Waals surface area contributed by atoms with Gasteiger partial charge in [-0.15, -0.1) is 0 Å². The minimum atomic E-state index is -0.438. The second kappa shape index (κ2) is 7.03. The largest absolute Gasteiger partial charge is 0.495 e. The molecule has 2 heterocycles. The molecule has 0 saturated heterocycles. The summed E-state index contributed by atoms with van der Waals surface area (Å²) in [6.07, 6.45) is 1.92. The summed E-state index contributed by atoms with van der Waals surface area (Å²) in [7, 11) is 1.47. The van der Waals surface area contributed by atoms with E-state index in [-0.39, 0.29) is 5.88 Å². The number of methoxy groups -OCH3 is 1. The Balaban J connectivity index is 1.86. The summed E-state index contributed by atoms with van der Waals surface area (Å²) < 4.78 is 11.9. The van der Waals surface area contributed by atoms with Gasteiger partial charge in [0.15, 0.2) is 0 Å². The Morgan fingerprint density at radius 1 is 1.35 bits per heavy atom. The van der Waals surface area contributed by atoms with Crippen molar-refractivity contribution in [3.8, 4) is 35.0 Å². The van der Waals surface area contributed by atoms with Gasteiger partial charge >= 0.3 is 5.69 Å². The molecule has 3 aromatic rings. The van der Waals surface area contributed by atoms with Gasteiger partial charge in [0.05, 0.1) is 30.3 Å². The van der Waals surface area contributed by atoms with Crippen LogP contribution < -0.4 is 15.2 Å². The van der Waals surface area contributed by atoms with E-state index >= 15 is 0 Å². The first kappa shape index (κ1) is 17.1. The smallest absolute Gasteiger partial charge is 0.333 e. The monoisotopic (exact) mass is 352 g/mol. The predicted molar refractivity (Wildman–Crippen MR) is 93.0 cm³/mol. The molecule has 8 heteroatoms. The average Bonchev–Trinajstić information content (AvgIpc) is 2.96. The molecule has 0 aliphatic rings. The van der Waals surface area contributed by atoms with Crippen LogP contribution >= 0.6 is 0 Å². The molecule has 0 aliphatic carbocycles. The summed E-state index contributed by atoms with van der Waals surface area (Å²) in [4.78, 5) is 18.7. The number of ether oxygens (including phenoxy) is 2. The van der Waals surface area contributed by atoms with Crippen molar-refractivity contribution >= 4 is 0 Å². The molecule has 3 rings (SSSR count). The van der Waals surface area contributed by atoms with E-state index in [0.29, 0.717) is 40.7 Å². The summed E-state index contributed by atoms with van der Waals surface area (Å²) in [6.45, 7) is 1.83. The number of aryl methyl sites for hydroxylation is 1. The van der Waals surface area contributed by atoms with Gasteiger partial charge in [0.2, 0.25) is 11.8 Å². The van der Waals surface area contributed by atoms with Crippen LogP contribution in [0.1, 0.15) is 18.2 Å². The molecule has 132 valence electrons. The Morgan fingerprint density at radius 2 is 2.15 bits per heavy atom. The van der Waals surface area contributed by atoms with Crippen molar-refractivity contribution < 1.29 is 14.6 Å². The van der Waals surface area contributed by atoms with Crippen LogP contribution in [0.4, 0.5) is 0 Å². The second-order valence-electron chi connectivity index (χ2n) is 5.35. The Hall–Kier alpha value is -3.73. The number of nitriles is 1. The highest BCUT2D eigenvalue weighted by Crippen LogP contribution is 2.27. The molecule has 0 amide bonds. The summed E-state index contributed by atoms with van der Waals surface area (Å²) in [5.41, 5.74) is 0.831. The zero-order valence-corrected chi connectivity index (χ0v) is 14.2. The maximum absolute atomic E-state index is 12.0. The van der Waals surface area contributed by atoms with Gasteiger partial charge in [0.25, 0.3) is 0 Å². The van der Waals surface area contributed by atoms with Crippen LogP contribution in [0.5, 0.6) is 23.3 Å². The highest BCUT2D eigenvalue weighted by Gasteiger charge is 2.14. The van der Waals surface area contributed by atoms with Crippen molar-refractivity contribution in [1.29, 1.82) is 5.26 Å². The zero-order valence-electron chi connectivity index (χ0n) is 14.2. The molecule has 0 fully saturated rings. The Kier molecular flexibility index (Phi) is 4.62. The lowest BCUT2D eigenvalue weighted by Crippen LogP contribution is -2.14. The van der Waals surface area contributed by atoms with Crippen molar-refractivity contribution in [2.24, 2.45) is 0 Å². The van der Waals surface area contributed by atoms with E-state index in [1.54, 1.807) is 30.3 Å². The number of H-pyrrole nitrogens is 1. The molecule has 2 aromatic heterocycles. The zero-order chi connectivity index (χ0) is 18.7. The van der Waals surface area contributed by atoms with E-state index in [9.17, 15) is 9.90 Å². The van der Waals surface area contributed by atoms with Gasteiger partial charge in [-0.1, -0.05) is 6.92 Å². The number of pyridine rings is 1. The maximum Gasteiger partial charge on any atom is 0.333 e. The second-order valence-corrected chi connectivity index (χ2v) is 5.35. The number of rotatable bonds is 5. The molecule has 26 heavy (non-hydrogen) atoms. The lowest BCUT2D eigenvalue weighted by atomic mass is 10.2. The van der Waals surface area contributed by atoms with Crippen LogP contribution in [0.2, 0.25) is 0 Å². The lowest BCUT2D eigenvalue weighted by Gasteiger charge is -2.09. The van der Waals surface area contributed by atoms with Crippen LogP contribution in [0.15, 0.2) is 41.3 Å². The van der Waals surface area contributed by atoms with Crippen LogP contribution in [-0.2, 0) is 6.42 Å². The van der Waals surface area contributed by atoms with Crippen molar-refractivity contribution in [2.45, 2.75) is 13.3 Å². The SMILES string of the molecule is CCc1[nH]c(=O)n(-c2ccc(Oc3ccc(C#N)c(OC)c3)nc2)c1O. The third kappa shape index (κ3) is 3.10. The average molecular weight is 352 g/mol. The van der Waals surface area contributed by atoms with E-state index in [4.69, 9.17) is 14.7 Å². The third-order valence-corrected chi connectivity index (χ3v) is 3.79. The molecule has 8 nitrogen and oxygen atoms in total. The van der Waals surface area contributed by atoms with E-state index in [1.807, 2.05) is 13.0 Å². The number of imidazole rings is 1. The number of hydrogen-bond acceptors (Lipinski definition) is 6. The van der Waals surface area contributed by atoms with Crippen LogP contribution in [0, 0.1) is 11.3 Å². The van der Waals surface area contributed by atoms with E-state index in [1.165, 1.54) is 13.3 Å². The Labute approximate surface area is 148 Å². The predicted octanol–water partition coefficient (Wildman–Crippen LogP) is 2.50.